The lowest BCUT2D eigenvalue weighted by Gasteiger charge is -2.36. The minimum Gasteiger partial charge on any atom is -0.444 e. The van der Waals surface area contributed by atoms with Crippen molar-refractivity contribution in [1.29, 1.82) is 0 Å². The number of rotatable bonds is 3. The smallest absolute Gasteiger partial charge is 0.411 e. The van der Waals surface area contributed by atoms with Gasteiger partial charge in [-0.15, -0.1) is 21.8 Å². The van der Waals surface area contributed by atoms with Crippen LogP contribution in [-0.2, 0) is 22.7 Å². The van der Waals surface area contributed by atoms with Crippen molar-refractivity contribution in [3.8, 4) is 5.69 Å². The number of hydrogen-bond acceptors (Lipinski definition) is 5. The van der Waals surface area contributed by atoms with Crippen LogP contribution in [-0.4, -0.2) is 36.3 Å². The highest BCUT2D eigenvalue weighted by molar-refractivity contribution is 6.24. The van der Waals surface area contributed by atoms with Crippen LogP contribution in [0.5, 0.6) is 0 Å². The lowest BCUT2D eigenvalue weighted by molar-refractivity contribution is 0.0214. The van der Waals surface area contributed by atoms with Crippen LogP contribution in [0.15, 0.2) is 42.7 Å². The molecule has 1 aromatic carbocycles. The quantitative estimate of drug-likeness (QED) is 0.353. The second kappa shape index (κ2) is 9.75. The summed E-state index contributed by atoms with van der Waals surface area (Å²) >= 11 is 7.33. The maximum absolute atomic E-state index is 13.0. The first-order valence-corrected chi connectivity index (χ1v) is 13.6. The minimum absolute atomic E-state index is 0.328. The Labute approximate surface area is 224 Å². The molecule has 0 saturated heterocycles. The predicted octanol–water partition coefficient (Wildman–Crippen LogP) is 6.83. The van der Waals surface area contributed by atoms with Crippen molar-refractivity contribution in [2.45, 2.75) is 95.7 Å². The average molecular weight is 522 g/mol. The number of halogens is 1. The number of alkyl halides is 1. The van der Waals surface area contributed by atoms with E-state index in [4.69, 9.17) is 21.3 Å². The molecule has 0 unspecified atom stereocenters. The van der Waals surface area contributed by atoms with Gasteiger partial charge in [0.05, 0.1) is 23.7 Å². The van der Waals surface area contributed by atoms with E-state index in [-0.39, 0.29) is 6.09 Å². The SMILES string of the molecule is CC(C)c1cccc(C2CCC(Cl)(c3ccc4c(c3)CN(C(=O)OC(C)(C)C)Cc3nncn3-4)CC2)n1. The largest absolute Gasteiger partial charge is 0.444 e. The third kappa shape index (κ3) is 5.37. The Balaban J connectivity index is 1.39. The summed E-state index contributed by atoms with van der Waals surface area (Å²) in [5, 5.41) is 8.35. The van der Waals surface area contributed by atoms with E-state index in [0.717, 1.165) is 48.2 Å². The Bertz CT molecular complexity index is 1290. The van der Waals surface area contributed by atoms with Crippen molar-refractivity contribution in [2.24, 2.45) is 0 Å². The summed E-state index contributed by atoms with van der Waals surface area (Å²) in [6.07, 6.45) is 5.08. The summed E-state index contributed by atoms with van der Waals surface area (Å²) in [6.45, 7) is 10.7. The Kier molecular flexibility index (Phi) is 6.77. The first-order chi connectivity index (χ1) is 17.5. The van der Waals surface area contributed by atoms with E-state index >= 15 is 0 Å². The topological polar surface area (TPSA) is 73.1 Å². The van der Waals surface area contributed by atoms with Gasteiger partial charge in [0.2, 0.25) is 0 Å². The summed E-state index contributed by atoms with van der Waals surface area (Å²) in [5.74, 6) is 1.55. The molecule has 1 fully saturated rings. The van der Waals surface area contributed by atoms with E-state index < -0.39 is 10.5 Å². The molecule has 2 aliphatic rings. The number of fused-ring (bicyclic) bond motifs is 3. The fourth-order valence-corrected chi connectivity index (χ4v) is 5.70. The number of pyridine rings is 1. The van der Waals surface area contributed by atoms with Gasteiger partial charge in [-0.05, 0) is 81.7 Å². The lowest BCUT2D eigenvalue weighted by Crippen LogP contribution is -2.36. The van der Waals surface area contributed by atoms with Gasteiger partial charge in [-0.2, -0.15) is 0 Å². The average Bonchev–Trinajstić information content (AvgIpc) is 3.25. The van der Waals surface area contributed by atoms with Crippen molar-refractivity contribution < 1.29 is 9.53 Å². The molecule has 0 bridgehead atoms. The van der Waals surface area contributed by atoms with Gasteiger partial charge in [0, 0.05) is 17.3 Å². The predicted molar refractivity (Wildman–Crippen MR) is 144 cm³/mol. The fourth-order valence-electron chi connectivity index (χ4n) is 5.36. The normalized spacial score (nSPS) is 21.8. The van der Waals surface area contributed by atoms with Crippen LogP contribution in [0.2, 0.25) is 0 Å². The Morgan fingerprint density at radius 1 is 1.14 bits per heavy atom. The summed E-state index contributed by atoms with van der Waals surface area (Å²) in [6, 6.07) is 12.8. The number of benzene rings is 1. The molecule has 0 N–H and O–H groups in total. The van der Waals surface area contributed by atoms with Gasteiger partial charge in [0.1, 0.15) is 11.9 Å². The fraction of sp³-hybridized carbons (Fsp3) is 0.517. The summed E-state index contributed by atoms with van der Waals surface area (Å²) < 4.78 is 7.63. The van der Waals surface area contributed by atoms with Crippen molar-refractivity contribution in [3.05, 3.63) is 71.1 Å². The van der Waals surface area contributed by atoms with Crippen LogP contribution in [0, 0.1) is 0 Å². The number of aromatic nitrogens is 4. The number of hydrogen-bond donors (Lipinski definition) is 0. The van der Waals surface area contributed by atoms with Gasteiger partial charge in [-0.1, -0.05) is 32.0 Å². The summed E-state index contributed by atoms with van der Waals surface area (Å²) in [7, 11) is 0. The van der Waals surface area contributed by atoms with E-state index in [0.29, 0.717) is 30.7 Å². The molecule has 2 aromatic heterocycles. The highest BCUT2D eigenvalue weighted by Crippen LogP contribution is 2.48. The number of carbonyl (C=O) groups is 1. The van der Waals surface area contributed by atoms with Crippen molar-refractivity contribution in [3.63, 3.8) is 0 Å². The summed E-state index contributed by atoms with van der Waals surface area (Å²) in [4.78, 5) is 19.2. The van der Waals surface area contributed by atoms with Gasteiger partial charge >= 0.3 is 6.09 Å². The van der Waals surface area contributed by atoms with Crippen LogP contribution in [0.1, 0.15) is 100 Å². The molecule has 5 rings (SSSR count). The maximum atomic E-state index is 13.0. The minimum atomic E-state index is -0.579. The molecule has 0 radical (unpaired) electrons. The van der Waals surface area contributed by atoms with Crippen LogP contribution >= 0.6 is 11.6 Å². The van der Waals surface area contributed by atoms with Crippen molar-refractivity contribution >= 4 is 17.7 Å². The van der Waals surface area contributed by atoms with Gasteiger partial charge < -0.3 is 4.74 Å². The van der Waals surface area contributed by atoms with Gasteiger partial charge in [-0.25, -0.2) is 4.79 Å². The van der Waals surface area contributed by atoms with Gasteiger partial charge in [0.25, 0.3) is 0 Å². The molecule has 1 aliphatic carbocycles. The molecule has 0 spiro atoms. The number of carbonyl (C=O) groups excluding carboxylic acids is 1. The van der Waals surface area contributed by atoms with E-state index in [1.807, 2.05) is 25.3 Å². The van der Waals surface area contributed by atoms with E-state index in [1.165, 1.54) is 5.69 Å². The van der Waals surface area contributed by atoms with Gasteiger partial charge in [-0.3, -0.25) is 14.5 Å². The van der Waals surface area contributed by atoms with Crippen molar-refractivity contribution in [2.75, 3.05) is 0 Å². The zero-order valence-electron chi connectivity index (χ0n) is 22.4. The molecule has 1 saturated carbocycles. The highest BCUT2D eigenvalue weighted by Gasteiger charge is 2.37. The summed E-state index contributed by atoms with van der Waals surface area (Å²) in [5.41, 5.74) is 4.82. The van der Waals surface area contributed by atoms with Crippen LogP contribution in [0.4, 0.5) is 4.79 Å². The lowest BCUT2D eigenvalue weighted by atomic mass is 9.76. The molecule has 0 atom stereocenters. The first-order valence-electron chi connectivity index (χ1n) is 13.2. The molecule has 3 heterocycles. The molecule has 1 aliphatic heterocycles. The standard InChI is InChI=1S/C29H36ClN5O2/c1-19(2)23-7-6-8-24(32-23)20-11-13-29(30,14-12-20)22-9-10-25-21(15-22)16-34(27(36)37-28(3,4)5)17-26-33-31-18-35(25)26/h6-10,15,18-20H,11-14,16-17H2,1-5H3. The van der Waals surface area contributed by atoms with E-state index in [1.54, 1.807) is 11.2 Å². The zero-order valence-corrected chi connectivity index (χ0v) is 23.1. The maximum Gasteiger partial charge on any atom is 0.411 e. The molecule has 37 heavy (non-hydrogen) atoms. The molecule has 1 amide bonds. The molecule has 8 heteroatoms. The number of ether oxygens (including phenoxy) is 1. The third-order valence-electron chi connectivity index (χ3n) is 7.40. The molecule has 3 aromatic rings. The van der Waals surface area contributed by atoms with Crippen LogP contribution < -0.4 is 0 Å². The Morgan fingerprint density at radius 3 is 2.59 bits per heavy atom. The van der Waals surface area contributed by atoms with Crippen LogP contribution in [0.3, 0.4) is 0 Å². The Morgan fingerprint density at radius 2 is 1.89 bits per heavy atom. The molecule has 7 nitrogen and oxygen atoms in total. The third-order valence-corrected chi connectivity index (χ3v) is 8.00. The highest BCUT2D eigenvalue weighted by atomic mass is 35.5. The first kappa shape index (κ1) is 25.7. The van der Waals surface area contributed by atoms with Crippen LogP contribution in [0.25, 0.3) is 5.69 Å². The Hall–Kier alpha value is -2.93. The van der Waals surface area contributed by atoms with E-state index in [9.17, 15) is 4.79 Å². The van der Waals surface area contributed by atoms with E-state index in [2.05, 4.69) is 60.4 Å². The second-order valence-corrected chi connectivity index (χ2v) is 12.4. The molecular formula is C29H36ClN5O2. The zero-order chi connectivity index (χ0) is 26.4. The van der Waals surface area contributed by atoms with Crippen molar-refractivity contribution in [1.82, 2.24) is 24.6 Å². The second-order valence-electron chi connectivity index (χ2n) is 11.7. The molecular weight excluding hydrogens is 486 g/mol. The number of amides is 1. The molecule has 196 valence electrons. The monoisotopic (exact) mass is 521 g/mol. The van der Waals surface area contributed by atoms with Gasteiger partial charge in [0.15, 0.2) is 5.82 Å². The number of nitrogens with zero attached hydrogens (tertiary/aromatic N) is 5.